The Morgan fingerprint density at radius 3 is 2.62 bits per heavy atom. The fourth-order valence-corrected chi connectivity index (χ4v) is 1.96. The Bertz CT molecular complexity index is 526. The Morgan fingerprint density at radius 2 is 2.10 bits per heavy atom. The molecule has 116 valence electrons. The quantitative estimate of drug-likeness (QED) is 0.402. The van der Waals surface area contributed by atoms with Gasteiger partial charge >= 0.3 is 5.97 Å². The van der Waals surface area contributed by atoms with Crippen LogP contribution in [-0.2, 0) is 4.79 Å². The third-order valence-corrected chi connectivity index (χ3v) is 3.24. The maximum atomic E-state index is 11.2. The molecule has 0 aliphatic rings. The number of aromatic nitrogens is 2. The van der Waals surface area contributed by atoms with E-state index >= 15 is 0 Å². The van der Waals surface area contributed by atoms with Gasteiger partial charge in [-0.3, -0.25) is 4.79 Å². The molecule has 0 saturated heterocycles. The van der Waals surface area contributed by atoms with E-state index in [9.17, 15) is 19.8 Å². The number of aromatic carboxylic acids is 1. The first kappa shape index (κ1) is 17.3. The van der Waals surface area contributed by atoms with E-state index < -0.39 is 18.2 Å². The molecule has 21 heavy (non-hydrogen) atoms. The van der Waals surface area contributed by atoms with Gasteiger partial charge in [-0.2, -0.15) is 0 Å². The minimum atomic E-state index is -1.44. The lowest BCUT2D eigenvalue weighted by Crippen LogP contribution is -2.28. The maximum Gasteiger partial charge on any atom is 0.355 e. The molecule has 1 rings (SSSR count). The Kier molecular flexibility index (Phi) is 6.53. The van der Waals surface area contributed by atoms with Gasteiger partial charge in [0, 0.05) is 25.2 Å². The van der Waals surface area contributed by atoms with Crippen molar-refractivity contribution in [3.05, 3.63) is 17.5 Å². The van der Waals surface area contributed by atoms with Gasteiger partial charge in [0.15, 0.2) is 10.9 Å². The summed E-state index contributed by atoms with van der Waals surface area (Å²) >= 11 is 1.17. The molecule has 1 aromatic rings. The summed E-state index contributed by atoms with van der Waals surface area (Å²) < 4.78 is 0. The molecular weight excluding hydrogens is 298 g/mol. The van der Waals surface area contributed by atoms with Crippen LogP contribution in [0.4, 0.5) is 0 Å². The molecule has 1 heterocycles. The number of aliphatic hydroxyl groups is 2. The van der Waals surface area contributed by atoms with E-state index in [1.807, 2.05) is 0 Å². The van der Waals surface area contributed by atoms with Crippen LogP contribution in [-0.4, -0.2) is 56.1 Å². The van der Waals surface area contributed by atoms with E-state index in [0.717, 1.165) is 0 Å². The van der Waals surface area contributed by atoms with Gasteiger partial charge in [-0.1, -0.05) is 11.8 Å². The smallest absolute Gasteiger partial charge is 0.355 e. The molecule has 0 aromatic carbocycles. The van der Waals surface area contributed by atoms with Crippen LogP contribution < -0.4 is 5.32 Å². The maximum absolute atomic E-state index is 11.2. The molecule has 2 atom stereocenters. The van der Waals surface area contributed by atoms with Crippen molar-refractivity contribution in [2.45, 2.75) is 30.7 Å². The lowest BCUT2D eigenvalue weighted by Gasteiger charge is -2.19. The lowest BCUT2D eigenvalue weighted by atomic mass is 10.0. The molecular formula is C12H17N3O5S. The largest absolute Gasteiger partial charge is 0.476 e. The van der Waals surface area contributed by atoms with Gasteiger partial charge in [-0.05, 0) is 12.7 Å². The third-order valence-electron chi connectivity index (χ3n) is 2.68. The number of carbonyl (C=O) groups excluding carboxylic acids is 1. The molecule has 0 spiro atoms. The fourth-order valence-electron chi connectivity index (χ4n) is 1.62. The molecule has 0 fully saturated rings. The molecule has 0 bridgehead atoms. The summed E-state index contributed by atoms with van der Waals surface area (Å²) in [6, 6.07) is 0. The lowest BCUT2D eigenvalue weighted by molar-refractivity contribution is -0.119. The Morgan fingerprint density at radius 1 is 1.43 bits per heavy atom. The zero-order valence-electron chi connectivity index (χ0n) is 11.6. The van der Waals surface area contributed by atoms with Gasteiger partial charge in [0.25, 0.3) is 0 Å². The summed E-state index contributed by atoms with van der Waals surface area (Å²) in [6.07, 6.45) is 0.275. The van der Waals surface area contributed by atoms with E-state index in [1.165, 1.54) is 24.9 Å². The average Bonchev–Trinajstić information content (AvgIpc) is 2.45. The molecule has 8 nitrogen and oxygen atoms in total. The van der Waals surface area contributed by atoms with E-state index in [0.29, 0.717) is 0 Å². The van der Waals surface area contributed by atoms with Crippen LogP contribution in [0.15, 0.2) is 11.4 Å². The Labute approximate surface area is 125 Å². The van der Waals surface area contributed by atoms with Crippen molar-refractivity contribution in [1.29, 1.82) is 0 Å². The number of rotatable bonds is 7. The normalized spacial score (nSPS) is 13.5. The summed E-state index contributed by atoms with van der Waals surface area (Å²) in [6.45, 7) is 1.50. The highest BCUT2D eigenvalue weighted by Crippen LogP contribution is 2.22. The van der Waals surface area contributed by atoms with Crippen molar-refractivity contribution >= 4 is 23.6 Å². The number of aliphatic hydroxyl groups excluding tert-OH is 2. The molecule has 4 N–H and O–H groups in total. The first-order chi connectivity index (χ1) is 9.86. The van der Waals surface area contributed by atoms with Crippen LogP contribution in [0.3, 0.4) is 0 Å². The monoisotopic (exact) mass is 315 g/mol. The zero-order valence-corrected chi connectivity index (χ0v) is 12.4. The van der Waals surface area contributed by atoms with Gasteiger partial charge in [0.2, 0.25) is 5.91 Å². The van der Waals surface area contributed by atoms with Crippen LogP contribution in [0.2, 0.25) is 0 Å². The second kappa shape index (κ2) is 7.91. The van der Waals surface area contributed by atoms with Crippen LogP contribution in [0.1, 0.15) is 35.5 Å². The van der Waals surface area contributed by atoms with E-state index in [-0.39, 0.29) is 35.3 Å². The Hall–Kier alpha value is -1.71. The number of nitrogens with one attached hydrogen (secondary N) is 1. The third kappa shape index (κ3) is 4.96. The second-order valence-corrected chi connectivity index (χ2v) is 5.02. The average molecular weight is 315 g/mol. The molecule has 0 saturated carbocycles. The van der Waals surface area contributed by atoms with Crippen LogP contribution >= 0.6 is 11.8 Å². The van der Waals surface area contributed by atoms with Crippen LogP contribution in [0.5, 0.6) is 0 Å². The summed E-state index contributed by atoms with van der Waals surface area (Å²) in [5.41, 5.74) is -0.406. The van der Waals surface area contributed by atoms with Gasteiger partial charge in [0.1, 0.15) is 6.10 Å². The van der Waals surface area contributed by atoms with Crippen LogP contribution in [0, 0.1) is 0 Å². The summed E-state index contributed by atoms with van der Waals surface area (Å²) in [4.78, 5) is 29.6. The Balaban J connectivity index is 2.87. The molecule has 0 radical (unpaired) electrons. The number of hydrogen-bond acceptors (Lipinski definition) is 7. The topological polar surface area (TPSA) is 133 Å². The molecule has 1 aromatic heterocycles. The van der Waals surface area contributed by atoms with E-state index in [4.69, 9.17) is 5.11 Å². The zero-order chi connectivity index (χ0) is 16.0. The highest BCUT2D eigenvalue weighted by atomic mass is 32.2. The van der Waals surface area contributed by atoms with Crippen molar-refractivity contribution in [2.24, 2.45) is 0 Å². The number of thioether (sulfide) groups is 1. The first-order valence-electron chi connectivity index (χ1n) is 6.11. The predicted molar refractivity (Wildman–Crippen MR) is 75.0 cm³/mol. The van der Waals surface area contributed by atoms with Gasteiger partial charge in [0.05, 0.1) is 6.10 Å². The minimum absolute atomic E-state index is 0.0596. The number of amides is 1. The number of hydrogen-bond donors (Lipinski definition) is 4. The van der Waals surface area contributed by atoms with Gasteiger partial charge in [-0.25, -0.2) is 14.8 Å². The highest BCUT2D eigenvalue weighted by molar-refractivity contribution is 7.98. The van der Waals surface area contributed by atoms with Crippen LogP contribution in [0.25, 0.3) is 0 Å². The number of nitrogens with zero attached hydrogens (tertiary/aromatic N) is 2. The van der Waals surface area contributed by atoms with Gasteiger partial charge < -0.3 is 20.6 Å². The predicted octanol–water partition coefficient (Wildman–Crippen LogP) is -0.183. The molecule has 9 heteroatoms. The molecule has 2 unspecified atom stereocenters. The van der Waals surface area contributed by atoms with Crippen molar-refractivity contribution in [1.82, 2.24) is 15.3 Å². The fraction of sp³-hybridized carbons (Fsp3) is 0.500. The minimum Gasteiger partial charge on any atom is -0.476 e. The van der Waals surface area contributed by atoms with Crippen molar-refractivity contribution in [3.63, 3.8) is 0 Å². The summed E-state index contributed by atoms with van der Waals surface area (Å²) in [7, 11) is 0. The van der Waals surface area contributed by atoms with Gasteiger partial charge in [-0.15, -0.1) is 0 Å². The number of carbonyl (C=O) groups is 2. The number of carboxylic acids is 1. The molecule has 1 amide bonds. The highest BCUT2D eigenvalue weighted by Gasteiger charge is 2.25. The standard InChI is InChI=1S/C12H17N3O5S/c1-6(16)13-4-3-8(17)10(18)7-5-14-12(21-2)15-9(7)11(19)20/h5,8,10,17-18H,3-4H2,1-2H3,(H,13,16)(H,19,20). The van der Waals surface area contributed by atoms with E-state index in [1.54, 1.807) is 6.26 Å². The second-order valence-electron chi connectivity index (χ2n) is 4.25. The molecule has 0 aliphatic heterocycles. The van der Waals surface area contributed by atoms with Crippen molar-refractivity contribution < 1.29 is 24.9 Å². The number of carboxylic acid groups (broad SMARTS) is 1. The summed E-state index contributed by atoms with van der Waals surface area (Å²) in [5.74, 6) is -1.56. The SMILES string of the molecule is CSc1ncc(C(O)C(O)CCNC(C)=O)c(C(=O)O)n1. The van der Waals surface area contributed by atoms with Crippen molar-refractivity contribution in [2.75, 3.05) is 12.8 Å². The first-order valence-corrected chi connectivity index (χ1v) is 7.34. The summed E-state index contributed by atoms with van der Waals surface area (Å²) in [5, 5.41) is 31.8. The van der Waals surface area contributed by atoms with Crippen molar-refractivity contribution in [3.8, 4) is 0 Å². The van der Waals surface area contributed by atoms with E-state index in [2.05, 4.69) is 15.3 Å². The molecule has 0 aliphatic carbocycles.